The highest BCUT2D eigenvalue weighted by Gasteiger charge is 2.43. The average Bonchev–Trinajstić information content (AvgIpc) is 3.51. The minimum absolute atomic E-state index is 0.375. The highest BCUT2D eigenvalue weighted by atomic mass is 28.3. The summed E-state index contributed by atoms with van der Waals surface area (Å²) in [7, 11) is -3.02. The molecule has 0 aliphatic carbocycles. The van der Waals surface area contributed by atoms with Crippen LogP contribution in [0.2, 0.25) is 0 Å². The molecule has 8 aromatic rings. The lowest BCUT2D eigenvalue weighted by molar-refractivity contribution is 1.18. The van der Waals surface area contributed by atoms with Gasteiger partial charge in [-0.15, -0.1) is 0 Å². The number of aromatic nitrogens is 1. The van der Waals surface area contributed by atoms with Crippen LogP contribution < -0.4 is 20.7 Å². The third-order valence-corrected chi connectivity index (χ3v) is 14.3. The van der Waals surface area contributed by atoms with Crippen molar-refractivity contribution in [3.8, 4) is 29.0 Å². The molecule has 0 atom stereocenters. The van der Waals surface area contributed by atoms with Gasteiger partial charge in [-0.3, -0.25) is 0 Å². The predicted octanol–water partition coefficient (Wildman–Crippen LogP) is 7.57. The summed E-state index contributed by atoms with van der Waals surface area (Å²) < 4.78 is 2.31. The first-order chi connectivity index (χ1) is 23.7. The van der Waals surface area contributed by atoms with E-state index in [9.17, 15) is 10.5 Å². The molecule has 3 nitrogen and oxygen atoms in total. The van der Waals surface area contributed by atoms with Crippen LogP contribution in [-0.2, 0) is 0 Å². The smallest absolute Gasteiger partial charge is 0.180 e. The molecule has 0 aliphatic heterocycles. The Morgan fingerprint density at radius 3 is 1.31 bits per heavy atom. The molecule has 1 heterocycles. The van der Waals surface area contributed by atoms with Crippen molar-refractivity contribution in [2.75, 3.05) is 0 Å². The highest BCUT2D eigenvalue weighted by molar-refractivity contribution is 7.20. The summed E-state index contributed by atoms with van der Waals surface area (Å²) in [6.07, 6.45) is 0. The summed E-state index contributed by atoms with van der Waals surface area (Å²) >= 11 is 0. The molecule has 1 aromatic heterocycles. The first-order valence-electron chi connectivity index (χ1n) is 16.0. The van der Waals surface area contributed by atoms with Gasteiger partial charge in [-0.2, -0.15) is 10.5 Å². The second-order valence-electron chi connectivity index (χ2n) is 11.9. The number of hydrogen-bond donors (Lipinski definition) is 0. The number of fused-ring (bicyclic) bond motifs is 3. The van der Waals surface area contributed by atoms with E-state index < -0.39 is 8.07 Å². The van der Waals surface area contributed by atoms with E-state index in [0.29, 0.717) is 11.1 Å². The maximum absolute atomic E-state index is 10.3. The quantitative estimate of drug-likeness (QED) is 0.141. The Morgan fingerprint density at radius 2 is 0.854 bits per heavy atom. The largest absolute Gasteiger partial charge is 0.309 e. The minimum Gasteiger partial charge on any atom is -0.309 e. The van der Waals surface area contributed by atoms with Gasteiger partial charge in [0.25, 0.3) is 0 Å². The molecule has 0 spiro atoms. The number of para-hydroxylation sites is 2. The van der Waals surface area contributed by atoms with Crippen molar-refractivity contribution in [1.82, 2.24) is 4.57 Å². The van der Waals surface area contributed by atoms with Crippen molar-refractivity contribution in [3.63, 3.8) is 0 Å². The van der Waals surface area contributed by atoms with Gasteiger partial charge in [0.2, 0.25) is 0 Å². The van der Waals surface area contributed by atoms with Crippen LogP contribution in [0.3, 0.4) is 0 Å². The molecule has 0 N–H and O–H groups in total. The molecule has 0 amide bonds. The molecule has 7 aromatic carbocycles. The maximum atomic E-state index is 10.3. The van der Waals surface area contributed by atoms with E-state index in [4.69, 9.17) is 0 Å². The summed E-state index contributed by atoms with van der Waals surface area (Å²) in [5.41, 5.74) is 6.08. The van der Waals surface area contributed by atoms with Gasteiger partial charge in [0, 0.05) is 16.5 Å². The number of benzene rings is 7. The molecule has 224 valence electrons. The fourth-order valence-electron chi connectivity index (χ4n) is 7.36. The van der Waals surface area contributed by atoms with E-state index in [-0.39, 0.29) is 0 Å². The summed E-state index contributed by atoms with van der Waals surface area (Å²) in [5, 5.41) is 27.7. The van der Waals surface area contributed by atoms with Crippen molar-refractivity contribution < 1.29 is 0 Å². The van der Waals surface area contributed by atoms with Gasteiger partial charge in [0.1, 0.15) is 12.1 Å². The predicted molar refractivity (Wildman–Crippen MR) is 199 cm³/mol. The van der Waals surface area contributed by atoms with Gasteiger partial charge in [-0.25, -0.2) is 0 Å². The van der Waals surface area contributed by atoms with Gasteiger partial charge in [-0.1, -0.05) is 140 Å². The van der Waals surface area contributed by atoms with E-state index in [1.165, 1.54) is 26.3 Å². The topological polar surface area (TPSA) is 52.5 Å². The second-order valence-corrected chi connectivity index (χ2v) is 15.7. The van der Waals surface area contributed by atoms with Gasteiger partial charge in [-0.05, 0) is 68.3 Å². The number of nitrogens with zero attached hydrogens (tertiary/aromatic N) is 3. The third-order valence-electron chi connectivity index (χ3n) is 9.44. The van der Waals surface area contributed by atoms with Crippen LogP contribution >= 0.6 is 0 Å². The van der Waals surface area contributed by atoms with E-state index in [1.807, 2.05) is 30.3 Å². The molecule has 0 saturated heterocycles. The highest BCUT2D eigenvalue weighted by Crippen LogP contribution is 2.33. The van der Waals surface area contributed by atoms with Crippen LogP contribution in [-0.4, -0.2) is 12.6 Å². The van der Waals surface area contributed by atoms with E-state index in [2.05, 4.69) is 162 Å². The molecule has 0 saturated carbocycles. The number of rotatable bonds is 6. The monoisotopic (exact) mass is 627 g/mol. The molecular weight excluding hydrogens is 599 g/mol. The van der Waals surface area contributed by atoms with Gasteiger partial charge < -0.3 is 4.57 Å². The van der Waals surface area contributed by atoms with E-state index in [1.54, 1.807) is 0 Å². The molecule has 0 bridgehead atoms. The van der Waals surface area contributed by atoms with Crippen molar-refractivity contribution >= 4 is 50.6 Å². The van der Waals surface area contributed by atoms with Crippen LogP contribution in [0.4, 0.5) is 0 Å². The second kappa shape index (κ2) is 12.0. The molecule has 8 rings (SSSR count). The Balaban J connectivity index is 1.43. The standard InChI is InChI=1S/C44H29N3Si/c45-30-33-28-41(32-24-26-35(27-25-32)47-42-22-12-10-20-39(42)40-21-11-13-23-43(40)47)44(29-34(33)31-46)48(36-14-4-1-5-15-36,37-16-6-2-7-17-37)38-18-8-3-9-19-38/h1-29H. The minimum atomic E-state index is -3.02. The average molecular weight is 628 g/mol. The fraction of sp³-hybridized carbons (Fsp3) is 0. The molecule has 0 aliphatic rings. The first-order valence-corrected chi connectivity index (χ1v) is 18.0. The van der Waals surface area contributed by atoms with E-state index >= 15 is 0 Å². The van der Waals surface area contributed by atoms with Crippen LogP contribution in [0.1, 0.15) is 11.1 Å². The lowest BCUT2D eigenvalue weighted by atomic mass is 9.99. The van der Waals surface area contributed by atoms with Crippen LogP contribution in [0, 0.1) is 22.7 Å². The van der Waals surface area contributed by atoms with Crippen LogP contribution in [0.25, 0.3) is 38.6 Å². The van der Waals surface area contributed by atoms with Crippen molar-refractivity contribution in [3.05, 3.63) is 187 Å². The Labute approximate surface area is 280 Å². The van der Waals surface area contributed by atoms with Crippen molar-refractivity contribution in [1.29, 1.82) is 10.5 Å². The van der Waals surface area contributed by atoms with Gasteiger partial charge in [0.15, 0.2) is 8.07 Å². The zero-order valence-corrected chi connectivity index (χ0v) is 27.1. The third kappa shape index (κ3) is 4.55. The molecule has 48 heavy (non-hydrogen) atoms. The molecular formula is C44H29N3Si. The maximum Gasteiger partial charge on any atom is 0.180 e. The lowest BCUT2D eigenvalue weighted by Crippen LogP contribution is -2.75. The Hall–Kier alpha value is -6.46. The molecule has 0 unspecified atom stereocenters. The Kier molecular flexibility index (Phi) is 7.27. The lowest BCUT2D eigenvalue weighted by Gasteiger charge is -2.36. The summed E-state index contributed by atoms with van der Waals surface area (Å²) in [5.74, 6) is 0. The SMILES string of the molecule is N#Cc1cc(-c2ccc(-n3c4ccccc4c4ccccc43)cc2)c([Si](c2ccccc2)(c2ccccc2)c2ccccc2)cc1C#N. The Morgan fingerprint density at radius 1 is 0.438 bits per heavy atom. The summed E-state index contributed by atoms with van der Waals surface area (Å²) in [6.45, 7) is 0. The first kappa shape index (κ1) is 29.0. The van der Waals surface area contributed by atoms with Crippen LogP contribution in [0.15, 0.2) is 176 Å². The fourth-order valence-corrected chi connectivity index (χ4v) is 12.3. The van der Waals surface area contributed by atoms with Crippen LogP contribution in [0.5, 0.6) is 0 Å². The Bertz CT molecular complexity index is 2350. The number of hydrogen-bond acceptors (Lipinski definition) is 2. The summed E-state index contributed by atoms with van der Waals surface area (Å²) in [4.78, 5) is 0. The summed E-state index contributed by atoms with van der Waals surface area (Å²) in [6, 6.07) is 66.3. The molecule has 4 heteroatoms. The van der Waals surface area contributed by atoms with E-state index in [0.717, 1.165) is 33.0 Å². The zero-order chi connectivity index (χ0) is 32.5. The number of nitriles is 2. The van der Waals surface area contributed by atoms with Gasteiger partial charge in [0.05, 0.1) is 22.2 Å². The van der Waals surface area contributed by atoms with Crippen molar-refractivity contribution in [2.45, 2.75) is 0 Å². The van der Waals surface area contributed by atoms with Crippen molar-refractivity contribution in [2.24, 2.45) is 0 Å². The van der Waals surface area contributed by atoms with Gasteiger partial charge >= 0.3 is 0 Å². The zero-order valence-electron chi connectivity index (χ0n) is 26.1. The molecule has 0 radical (unpaired) electrons. The normalized spacial score (nSPS) is 11.3. The molecule has 0 fully saturated rings.